The standard InChI is InChI=1S/C17H16Cl2N2O3S/c1-11(24-14-4-2-3-13(19)9-14)17(23)21-20-16(22)10-25-15-7-5-12(18)6-8-15/h2-9,11H,10H2,1H3,(H,20,22)(H,21,23). The van der Waals surface area contributed by atoms with Crippen LogP contribution in [0.5, 0.6) is 5.75 Å². The summed E-state index contributed by atoms with van der Waals surface area (Å²) in [7, 11) is 0. The first-order valence-electron chi connectivity index (χ1n) is 7.33. The molecule has 0 saturated heterocycles. The number of ether oxygens (including phenoxy) is 1. The van der Waals surface area contributed by atoms with Crippen LogP contribution in [0, 0.1) is 0 Å². The molecule has 0 aliphatic rings. The van der Waals surface area contributed by atoms with Crippen LogP contribution in [0.25, 0.3) is 0 Å². The molecule has 1 atom stereocenters. The number of thioether (sulfide) groups is 1. The Morgan fingerprint density at radius 1 is 1.08 bits per heavy atom. The highest BCUT2D eigenvalue weighted by molar-refractivity contribution is 8.00. The summed E-state index contributed by atoms with van der Waals surface area (Å²) in [5.41, 5.74) is 4.68. The second kappa shape index (κ2) is 9.56. The largest absolute Gasteiger partial charge is 0.481 e. The van der Waals surface area contributed by atoms with E-state index in [4.69, 9.17) is 27.9 Å². The van der Waals surface area contributed by atoms with Crippen molar-refractivity contribution in [2.45, 2.75) is 17.9 Å². The van der Waals surface area contributed by atoms with Gasteiger partial charge in [0.25, 0.3) is 5.91 Å². The van der Waals surface area contributed by atoms with E-state index in [2.05, 4.69) is 10.9 Å². The van der Waals surface area contributed by atoms with E-state index in [-0.39, 0.29) is 11.7 Å². The third-order valence-corrected chi connectivity index (χ3v) is 4.49. The lowest BCUT2D eigenvalue weighted by Gasteiger charge is -2.15. The number of nitrogens with one attached hydrogen (secondary N) is 2. The lowest BCUT2D eigenvalue weighted by molar-refractivity contribution is -0.131. The zero-order valence-electron chi connectivity index (χ0n) is 13.3. The van der Waals surface area contributed by atoms with Crippen LogP contribution in [0.3, 0.4) is 0 Å². The monoisotopic (exact) mass is 398 g/mol. The van der Waals surface area contributed by atoms with Gasteiger partial charge in [0.05, 0.1) is 5.75 Å². The molecule has 2 N–H and O–H groups in total. The fraction of sp³-hybridized carbons (Fsp3) is 0.176. The molecule has 2 aromatic rings. The van der Waals surface area contributed by atoms with E-state index in [9.17, 15) is 9.59 Å². The van der Waals surface area contributed by atoms with E-state index in [0.29, 0.717) is 15.8 Å². The molecule has 0 heterocycles. The smallest absolute Gasteiger partial charge is 0.279 e. The zero-order chi connectivity index (χ0) is 18.2. The van der Waals surface area contributed by atoms with Crippen LogP contribution in [0.2, 0.25) is 10.0 Å². The second-order valence-corrected chi connectivity index (χ2v) is 6.92. The molecule has 2 amide bonds. The van der Waals surface area contributed by atoms with Gasteiger partial charge in [-0.05, 0) is 49.4 Å². The molecule has 0 fully saturated rings. The fourth-order valence-corrected chi connectivity index (χ4v) is 2.75. The first-order valence-corrected chi connectivity index (χ1v) is 9.07. The minimum Gasteiger partial charge on any atom is -0.481 e. The van der Waals surface area contributed by atoms with E-state index in [0.717, 1.165) is 4.90 Å². The highest BCUT2D eigenvalue weighted by atomic mass is 35.5. The van der Waals surface area contributed by atoms with E-state index >= 15 is 0 Å². The molecular formula is C17H16Cl2N2O3S. The molecule has 2 aromatic carbocycles. The van der Waals surface area contributed by atoms with Crippen LogP contribution in [0.4, 0.5) is 0 Å². The molecule has 8 heteroatoms. The summed E-state index contributed by atoms with van der Waals surface area (Å²) in [4.78, 5) is 24.6. The Balaban J connectivity index is 1.72. The van der Waals surface area contributed by atoms with Crippen molar-refractivity contribution < 1.29 is 14.3 Å². The summed E-state index contributed by atoms with van der Waals surface area (Å²) in [5, 5.41) is 1.15. The number of hydrogen-bond acceptors (Lipinski definition) is 4. The highest BCUT2D eigenvalue weighted by Gasteiger charge is 2.15. The summed E-state index contributed by atoms with van der Waals surface area (Å²) in [6.45, 7) is 1.57. The number of hydrazine groups is 1. The number of carbonyl (C=O) groups excluding carboxylic acids is 2. The topological polar surface area (TPSA) is 67.4 Å². The number of benzene rings is 2. The molecule has 5 nitrogen and oxygen atoms in total. The van der Waals surface area contributed by atoms with Crippen molar-refractivity contribution in [3.8, 4) is 5.75 Å². The quantitative estimate of drug-likeness (QED) is 0.574. The van der Waals surface area contributed by atoms with E-state index < -0.39 is 12.0 Å². The van der Waals surface area contributed by atoms with Gasteiger partial charge < -0.3 is 4.74 Å². The Kier molecular flexibility index (Phi) is 7.43. The number of amides is 2. The third kappa shape index (κ3) is 6.86. The number of halogens is 2. The molecule has 0 radical (unpaired) electrons. The lowest BCUT2D eigenvalue weighted by atomic mass is 10.3. The maximum absolute atomic E-state index is 11.9. The van der Waals surface area contributed by atoms with Crippen molar-refractivity contribution >= 4 is 46.8 Å². The minimum atomic E-state index is -0.789. The van der Waals surface area contributed by atoms with Crippen LogP contribution in [0.1, 0.15) is 6.92 Å². The summed E-state index contributed by atoms with van der Waals surface area (Å²) in [5.74, 6) is -0.168. The van der Waals surface area contributed by atoms with Gasteiger partial charge in [-0.3, -0.25) is 20.4 Å². The maximum Gasteiger partial charge on any atom is 0.279 e. The number of hydrogen-bond donors (Lipinski definition) is 2. The predicted molar refractivity (Wildman–Crippen MR) is 100 cm³/mol. The van der Waals surface area contributed by atoms with Gasteiger partial charge in [-0.15, -0.1) is 11.8 Å². The lowest BCUT2D eigenvalue weighted by Crippen LogP contribution is -2.47. The Morgan fingerprint density at radius 3 is 2.48 bits per heavy atom. The molecule has 0 bridgehead atoms. The Hall–Kier alpha value is -1.89. The minimum absolute atomic E-state index is 0.158. The zero-order valence-corrected chi connectivity index (χ0v) is 15.6. The molecular weight excluding hydrogens is 383 g/mol. The van der Waals surface area contributed by atoms with Crippen molar-refractivity contribution in [2.75, 3.05) is 5.75 Å². The predicted octanol–water partition coefficient (Wildman–Crippen LogP) is 3.70. The van der Waals surface area contributed by atoms with E-state index in [1.807, 2.05) is 12.1 Å². The molecule has 132 valence electrons. The van der Waals surface area contributed by atoms with Crippen LogP contribution in [-0.2, 0) is 9.59 Å². The summed E-state index contributed by atoms with van der Waals surface area (Å²) in [6, 6.07) is 13.9. The van der Waals surface area contributed by atoms with Gasteiger partial charge in [0.2, 0.25) is 5.91 Å². The van der Waals surface area contributed by atoms with Crippen molar-refractivity contribution in [1.29, 1.82) is 0 Å². The van der Waals surface area contributed by atoms with Gasteiger partial charge in [0.15, 0.2) is 6.10 Å². The van der Waals surface area contributed by atoms with E-state index in [1.165, 1.54) is 11.8 Å². The molecule has 0 spiro atoms. The average Bonchev–Trinajstić information content (AvgIpc) is 2.59. The van der Waals surface area contributed by atoms with Crippen LogP contribution >= 0.6 is 35.0 Å². The highest BCUT2D eigenvalue weighted by Crippen LogP contribution is 2.20. The third-order valence-electron chi connectivity index (χ3n) is 2.99. The Labute approximate surface area is 160 Å². The summed E-state index contributed by atoms with van der Waals surface area (Å²) >= 11 is 13.0. The van der Waals surface area contributed by atoms with Gasteiger partial charge in [-0.1, -0.05) is 29.3 Å². The van der Waals surface area contributed by atoms with E-state index in [1.54, 1.807) is 43.3 Å². The summed E-state index contributed by atoms with van der Waals surface area (Å²) < 4.78 is 5.46. The van der Waals surface area contributed by atoms with Crippen molar-refractivity contribution in [2.24, 2.45) is 0 Å². The fourth-order valence-electron chi connectivity index (χ4n) is 1.75. The maximum atomic E-state index is 11.9. The molecule has 25 heavy (non-hydrogen) atoms. The SMILES string of the molecule is CC(Oc1cccc(Cl)c1)C(=O)NNC(=O)CSc1ccc(Cl)cc1. The van der Waals surface area contributed by atoms with Gasteiger partial charge in [0.1, 0.15) is 5.75 Å². The molecule has 0 aliphatic carbocycles. The normalized spacial score (nSPS) is 11.5. The van der Waals surface area contributed by atoms with Crippen molar-refractivity contribution in [3.05, 3.63) is 58.6 Å². The van der Waals surface area contributed by atoms with Crippen LogP contribution in [-0.4, -0.2) is 23.7 Å². The van der Waals surface area contributed by atoms with Crippen molar-refractivity contribution in [3.63, 3.8) is 0 Å². The van der Waals surface area contributed by atoms with Gasteiger partial charge in [-0.25, -0.2) is 0 Å². The molecule has 0 aliphatic heterocycles. The number of rotatable bonds is 6. The van der Waals surface area contributed by atoms with Crippen LogP contribution < -0.4 is 15.6 Å². The molecule has 2 rings (SSSR count). The molecule has 0 aromatic heterocycles. The van der Waals surface area contributed by atoms with Crippen molar-refractivity contribution in [1.82, 2.24) is 10.9 Å². The molecule has 0 saturated carbocycles. The van der Waals surface area contributed by atoms with Gasteiger partial charge >= 0.3 is 0 Å². The first-order chi connectivity index (χ1) is 11.9. The summed E-state index contributed by atoms with van der Waals surface area (Å²) in [6.07, 6.45) is -0.789. The number of carbonyl (C=O) groups is 2. The Morgan fingerprint density at radius 2 is 1.80 bits per heavy atom. The average molecular weight is 399 g/mol. The second-order valence-electron chi connectivity index (χ2n) is 5.00. The molecule has 1 unspecified atom stereocenters. The van der Waals surface area contributed by atoms with Gasteiger partial charge in [0, 0.05) is 14.9 Å². The first kappa shape index (κ1) is 19.4. The van der Waals surface area contributed by atoms with Gasteiger partial charge in [-0.2, -0.15) is 0 Å². The van der Waals surface area contributed by atoms with Crippen LogP contribution in [0.15, 0.2) is 53.4 Å². The Bertz CT molecular complexity index is 741.